The highest BCUT2D eigenvalue weighted by atomic mass is 79.9. The van der Waals surface area contributed by atoms with Gasteiger partial charge in [0, 0.05) is 5.33 Å². The largest absolute Gasteiger partial charge is 0.469 e. The van der Waals surface area contributed by atoms with Gasteiger partial charge < -0.3 is 9.73 Å². The van der Waals surface area contributed by atoms with Gasteiger partial charge in [-0.3, -0.25) is 4.79 Å². The fraction of sp³-hybridized carbons (Fsp3) is 0.545. The summed E-state index contributed by atoms with van der Waals surface area (Å²) in [4.78, 5) is 11.8. The van der Waals surface area contributed by atoms with Gasteiger partial charge in [-0.05, 0) is 32.3 Å². The number of carbonyl (C=O) groups is 1. The summed E-state index contributed by atoms with van der Waals surface area (Å²) >= 11 is 3.45. The Morgan fingerprint density at radius 1 is 1.67 bits per heavy atom. The molecular formula is C11H14BrNO2. The Kier molecular flexibility index (Phi) is 2.87. The number of nitrogens with one attached hydrogen (secondary N) is 1. The van der Waals surface area contributed by atoms with Gasteiger partial charge in [-0.1, -0.05) is 15.9 Å². The molecule has 1 aliphatic rings. The zero-order valence-corrected chi connectivity index (χ0v) is 10.3. The highest BCUT2D eigenvalue weighted by Crippen LogP contribution is 2.33. The van der Waals surface area contributed by atoms with Crippen LogP contribution >= 0.6 is 15.9 Å². The van der Waals surface area contributed by atoms with Crippen molar-refractivity contribution in [1.82, 2.24) is 5.32 Å². The van der Waals surface area contributed by atoms with Crippen molar-refractivity contribution in [2.24, 2.45) is 0 Å². The van der Waals surface area contributed by atoms with Crippen LogP contribution in [0.1, 0.15) is 35.4 Å². The molecule has 15 heavy (non-hydrogen) atoms. The molecule has 0 aliphatic heterocycles. The molecule has 1 saturated carbocycles. The lowest BCUT2D eigenvalue weighted by Gasteiger charge is -2.41. The Morgan fingerprint density at radius 3 is 2.80 bits per heavy atom. The highest BCUT2D eigenvalue weighted by Gasteiger charge is 2.37. The Bertz CT molecular complexity index is 363. The van der Waals surface area contributed by atoms with Crippen molar-refractivity contribution in [3.8, 4) is 0 Å². The third kappa shape index (κ3) is 2.09. The van der Waals surface area contributed by atoms with Crippen LogP contribution in [-0.2, 0) is 0 Å². The fourth-order valence-corrected chi connectivity index (χ4v) is 2.47. The molecule has 0 aromatic carbocycles. The van der Waals surface area contributed by atoms with Gasteiger partial charge in [0.1, 0.15) is 12.0 Å². The van der Waals surface area contributed by atoms with Crippen LogP contribution in [0.2, 0.25) is 0 Å². The molecule has 3 nitrogen and oxygen atoms in total. The Morgan fingerprint density at radius 2 is 2.40 bits per heavy atom. The first kappa shape index (κ1) is 10.7. The predicted molar refractivity (Wildman–Crippen MR) is 61.3 cm³/mol. The maximum absolute atomic E-state index is 11.8. The van der Waals surface area contributed by atoms with E-state index in [4.69, 9.17) is 4.42 Å². The zero-order valence-electron chi connectivity index (χ0n) is 8.68. The number of hydrogen-bond donors (Lipinski definition) is 1. The average molecular weight is 272 g/mol. The molecular weight excluding hydrogens is 258 g/mol. The van der Waals surface area contributed by atoms with Crippen molar-refractivity contribution in [3.05, 3.63) is 23.7 Å². The molecule has 1 aromatic heterocycles. The van der Waals surface area contributed by atoms with E-state index >= 15 is 0 Å². The molecule has 1 aliphatic carbocycles. The molecule has 1 aromatic rings. The van der Waals surface area contributed by atoms with Crippen LogP contribution in [0.25, 0.3) is 0 Å². The van der Waals surface area contributed by atoms with Gasteiger partial charge in [0.05, 0.1) is 11.1 Å². The van der Waals surface area contributed by atoms with E-state index in [2.05, 4.69) is 21.2 Å². The van der Waals surface area contributed by atoms with E-state index in [-0.39, 0.29) is 11.4 Å². The van der Waals surface area contributed by atoms with Crippen molar-refractivity contribution >= 4 is 21.8 Å². The van der Waals surface area contributed by atoms with Gasteiger partial charge in [0.15, 0.2) is 0 Å². The van der Waals surface area contributed by atoms with Gasteiger partial charge in [-0.2, -0.15) is 0 Å². The molecule has 1 N–H and O–H groups in total. The van der Waals surface area contributed by atoms with E-state index in [1.54, 1.807) is 6.07 Å². The van der Waals surface area contributed by atoms with Gasteiger partial charge >= 0.3 is 0 Å². The summed E-state index contributed by atoms with van der Waals surface area (Å²) in [5.74, 6) is 0.729. The van der Waals surface area contributed by atoms with E-state index in [0.717, 1.165) is 23.9 Å². The average Bonchev–Trinajstić information content (AvgIpc) is 2.58. The van der Waals surface area contributed by atoms with E-state index < -0.39 is 0 Å². The number of rotatable bonds is 3. The monoisotopic (exact) mass is 271 g/mol. The molecule has 4 heteroatoms. The number of hydrogen-bond acceptors (Lipinski definition) is 2. The van der Waals surface area contributed by atoms with Gasteiger partial charge in [0.25, 0.3) is 5.91 Å². The highest BCUT2D eigenvalue weighted by molar-refractivity contribution is 9.09. The molecule has 1 amide bonds. The molecule has 0 spiro atoms. The van der Waals surface area contributed by atoms with Gasteiger partial charge in [-0.15, -0.1) is 0 Å². The molecule has 1 heterocycles. The first-order valence-electron chi connectivity index (χ1n) is 5.09. The smallest absolute Gasteiger partial charge is 0.255 e. The summed E-state index contributed by atoms with van der Waals surface area (Å²) in [6, 6.07) is 1.76. The molecule has 0 unspecified atom stereocenters. The van der Waals surface area contributed by atoms with E-state index in [1.165, 1.54) is 12.7 Å². The van der Waals surface area contributed by atoms with Gasteiger partial charge in [-0.25, -0.2) is 0 Å². The van der Waals surface area contributed by atoms with Crippen molar-refractivity contribution in [2.45, 2.75) is 31.7 Å². The third-order valence-corrected chi connectivity index (χ3v) is 4.01. The van der Waals surface area contributed by atoms with Crippen LogP contribution in [0.15, 0.2) is 16.7 Å². The maximum atomic E-state index is 11.8. The SMILES string of the molecule is Cc1cc(C(=O)NC2(CBr)CCC2)co1. The second-order valence-electron chi connectivity index (χ2n) is 4.17. The predicted octanol–water partition coefficient (Wildman–Crippen LogP) is 2.64. The minimum absolute atomic E-state index is 0.0255. The Labute approximate surface area is 97.4 Å². The number of alkyl halides is 1. The lowest BCUT2D eigenvalue weighted by atomic mass is 9.78. The maximum Gasteiger partial charge on any atom is 0.255 e. The number of furan rings is 1. The molecule has 0 atom stereocenters. The van der Waals surface area contributed by atoms with Crippen LogP contribution in [0.5, 0.6) is 0 Å². The normalized spacial score (nSPS) is 18.3. The Hall–Kier alpha value is -0.770. The summed E-state index contributed by atoms with van der Waals surface area (Å²) in [5.41, 5.74) is 0.585. The van der Waals surface area contributed by atoms with Crippen LogP contribution in [-0.4, -0.2) is 16.8 Å². The third-order valence-electron chi connectivity index (χ3n) is 2.94. The number of aryl methyl sites for hydroxylation is 1. The number of amides is 1. The van der Waals surface area contributed by atoms with Crippen molar-refractivity contribution < 1.29 is 9.21 Å². The first-order chi connectivity index (χ1) is 7.15. The first-order valence-corrected chi connectivity index (χ1v) is 6.21. The molecule has 1 fully saturated rings. The molecule has 0 bridgehead atoms. The summed E-state index contributed by atoms with van der Waals surface area (Å²) in [6.45, 7) is 1.83. The lowest BCUT2D eigenvalue weighted by Crippen LogP contribution is -2.54. The minimum atomic E-state index is -0.0361. The van der Waals surface area contributed by atoms with Crippen molar-refractivity contribution in [3.63, 3.8) is 0 Å². The van der Waals surface area contributed by atoms with E-state index in [9.17, 15) is 4.79 Å². The summed E-state index contributed by atoms with van der Waals surface area (Å²) in [5, 5.41) is 3.89. The Balaban J connectivity index is 2.03. The van der Waals surface area contributed by atoms with E-state index in [1.807, 2.05) is 6.92 Å². The van der Waals surface area contributed by atoms with Crippen LogP contribution < -0.4 is 5.32 Å². The summed E-state index contributed by atoms with van der Waals surface area (Å²) in [6.07, 6.45) is 4.81. The number of halogens is 1. The summed E-state index contributed by atoms with van der Waals surface area (Å²) in [7, 11) is 0. The quantitative estimate of drug-likeness (QED) is 0.859. The topological polar surface area (TPSA) is 42.2 Å². The van der Waals surface area contributed by atoms with Crippen LogP contribution in [0.3, 0.4) is 0 Å². The second-order valence-corrected chi connectivity index (χ2v) is 4.73. The minimum Gasteiger partial charge on any atom is -0.469 e. The fourth-order valence-electron chi connectivity index (χ4n) is 1.77. The van der Waals surface area contributed by atoms with Crippen LogP contribution in [0.4, 0.5) is 0 Å². The molecule has 0 radical (unpaired) electrons. The lowest BCUT2D eigenvalue weighted by molar-refractivity contribution is 0.0856. The van der Waals surface area contributed by atoms with Crippen LogP contribution in [0, 0.1) is 6.92 Å². The second kappa shape index (κ2) is 4.00. The molecule has 0 saturated heterocycles. The number of carbonyl (C=O) groups excluding carboxylic acids is 1. The molecule has 82 valence electrons. The van der Waals surface area contributed by atoms with Crippen molar-refractivity contribution in [2.75, 3.05) is 5.33 Å². The summed E-state index contributed by atoms with van der Waals surface area (Å²) < 4.78 is 5.11. The van der Waals surface area contributed by atoms with Gasteiger partial charge in [0.2, 0.25) is 0 Å². The standard InChI is InChI=1S/C11H14BrNO2/c1-8-5-9(6-15-8)10(14)13-11(7-12)3-2-4-11/h5-6H,2-4,7H2,1H3,(H,13,14). The molecule has 2 rings (SSSR count). The van der Waals surface area contributed by atoms with Crippen molar-refractivity contribution in [1.29, 1.82) is 0 Å². The van der Waals surface area contributed by atoms with E-state index in [0.29, 0.717) is 5.56 Å². The zero-order chi connectivity index (χ0) is 10.9.